The van der Waals surface area contributed by atoms with E-state index in [0.29, 0.717) is 17.3 Å². The van der Waals surface area contributed by atoms with Crippen molar-refractivity contribution in [3.63, 3.8) is 0 Å². The van der Waals surface area contributed by atoms with Gasteiger partial charge in [0.25, 0.3) is 0 Å². The lowest BCUT2D eigenvalue weighted by molar-refractivity contribution is 0.354. The van der Waals surface area contributed by atoms with Crippen molar-refractivity contribution in [2.24, 2.45) is 5.73 Å². The Morgan fingerprint density at radius 3 is 2.74 bits per heavy atom. The highest BCUT2D eigenvalue weighted by Gasteiger charge is 2.11. The zero-order valence-corrected chi connectivity index (χ0v) is 11.6. The molecule has 0 aliphatic heterocycles. The van der Waals surface area contributed by atoms with Gasteiger partial charge in [0.1, 0.15) is 6.33 Å². The number of thioether (sulfide) groups is 1. The van der Waals surface area contributed by atoms with Crippen LogP contribution < -0.4 is 15.2 Å². The van der Waals surface area contributed by atoms with E-state index in [0.717, 1.165) is 10.7 Å². The Labute approximate surface area is 115 Å². The number of aromatic nitrogens is 3. The molecule has 0 bridgehead atoms. The summed E-state index contributed by atoms with van der Waals surface area (Å²) in [5.41, 5.74) is 7.14. The van der Waals surface area contributed by atoms with Gasteiger partial charge in [0, 0.05) is 11.8 Å². The number of ether oxygens (including phenoxy) is 2. The number of benzene rings is 1. The van der Waals surface area contributed by atoms with Crippen LogP contribution in [0.3, 0.4) is 0 Å². The summed E-state index contributed by atoms with van der Waals surface area (Å²) in [7, 11) is 3.22. The molecule has 0 aliphatic carbocycles. The number of nitrogens with one attached hydrogen (secondary N) is 1. The Morgan fingerprint density at radius 1 is 1.32 bits per heavy atom. The number of nitrogens with two attached hydrogens (primary N) is 1. The Hall–Kier alpha value is -1.73. The van der Waals surface area contributed by atoms with E-state index in [1.165, 1.54) is 18.1 Å². The van der Waals surface area contributed by atoms with Gasteiger partial charge in [0.15, 0.2) is 16.7 Å². The van der Waals surface area contributed by atoms with Crippen molar-refractivity contribution in [3.05, 3.63) is 30.1 Å². The van der Waals surface area contributed by atoms with Gasteiger partial charge >= 0.3 is 0 Å². The number of methoxy groups -OCH3 is 2. The van der Waals surface area contributed by atoms with E-state index in [-0.39, 0.29) is 6.04 Å². The van der Waals surface area contributed by atoms with Crippen molar-refractivity contribution in [1.82, 2.24) is 15.2 Å². The Kier molecular flexibility index (Phi) is 4.64. The van der Waals surface area contributed by atoms with Crippen molar-refractivity contribution in [2.45, 2.75) is 11.2 Å². The molecule has 1 aromatic carbocycles. The van der Waals surface area contributed by atoms with E-state index >= 15 is 0 Å². The maximum atomic E-state index is 6.15. The van der Waals surface area contributed by atoms with Crippen LogP contribution in [0.1, 0.15) is 11.6 Å². The van der Waals surface area contributed by atoms with E-state index in [9.17, 15) is 0 Å². The molecule has 1 unspecified atom stereocenters. The fraction of sp³-hybridized carbons (Fsp3) is 0.333. The Balaban J connectivity index is 2.04. The molecule has 0 fully saturated rings. The number of rotatable bonds is 6. The second-order valence-corrected chi connectivity index (χ2v) is 4.83. The van der Waals surface area contributed by atoms with Crippen molar-refractivity contribution in [3.8, 4) is 11.5 Å². The monoisotopic (exact) mass is 280 g/mol. The largest absolute Gasteiger partial charge is 0.493 e. The molecule has 6 nitrogen and oxygen atoms in total. The van der Waals surface area contributed by atoms with Gasteiger partial charge in [0.2, 0.25) is 0 Å². The van der Waals surface area contributed by atoms with Gasteiger partial charge in [0.05, 0.1) is 14.2 Å². The van der Waals surface area contributed by atoms with Crippen LogP contribution in [-0.2, 0) is 0 Å². The number of H-pyrrole nitrogens is 1. The quantitative estimate of drug-likeness (QED) is 0.782. The maximum absolute atomic E-state index is 6.15. The molecule has 3 N–H and O–H groups in total. The molecule has 1 heterocycles. The molecule has 1 atom stereocenters. The van der Waals surface area contributed by atoms with Gasteiger partial charge in [-0.2, -0.15) is 5.10 Å². The fourth-order valence-electron chi connectivity index (χ4n) is 1.61. The number of hydrogen-bond donors (Lipinski definition) is 2. The highest BCUT2D eigenvalue weighted by Crippen LogP contribution is 2.30. The van der Waals surface area contributed by atoms with Gasteiger partial charge in [-0.05, 0) is 17.7 Å². The molecule has 102 valence electrons. The fourth-order valence-corrected chi connectivity index (χ4v) is 2.38. The second kappa shape index (κ2) is 6.44. The predicted octanol–water partition coefficient (Wildman–Crippen LogP) is 1.61. The van der Waals surface area contributed by atoms with E-state index in [1.54, 1.807) is 14.2 Å². The van der Waals surface area contributed by atoms with Crippen molar-refractivity contribution < 1.29 is 9.47 Å². The zero-order chi connectivity index (χ0) is 13.7. The van der Waals surface area contributed by atoms with Crippen LogP contribution in [0.15, 0.2) is 29.7 Å². The molecule has 0 amide bonds. The number of nitrogens with zero attached hydrogens (tertiary/aromatic N) is 2. The molecular formula is C12H16N4O2S. The SMILES string of the molecule is COc1ccc(C(N)CSc2ncn[nH]2)cc1OC. The lowest BCUT2D eigenvalue weighted by atomic mass is 10.1. The van der Waals surface area contributed by atoms with Gasteiger partial charge in [-0.1, -0.05) is 17.8 Å². The highest BCUT2D eigenvalue weighted by atomic mass is 32.2. The van der Waals surface area contributed by atoms with Crippen molar-refractivity contribution in [2.75, 3.05) is 20.0 Å². The van der Waals surface area contributed by atoms with Crippen LogP contribution in [-0.4, -0.2) is 35.2 Å². The first-order valence-corrected chi connectivity index (χ1v) is 6.69. The normalized spacial score (nSPS) is 12.2. The molecule has 0 radical (unpaired) electrons. The van der Waals surface area contributed by atoms with E-state index in [1.807, 2.05) is 18.2 Å². The summed E-state index contributed by atoms with van der Waals surface area (Å²) in [6, 6.07) is 5.57. The average Bonchev–Trinajstić information content (AvgIpc) is 2.97. The standard InChI is InChI=1S/C12H16N4O2S/c1-17-10-4-3-8(5-11(10)18-2)9(13)6-19-12-14-7-15-16-12/h3-5,7,9H,6,13H2,1-2H3,(H,14,15,16). The zero-order valence-electron chi connectivity index (χ0n) is 10.8. The summed E-state index contributed by atoms with van der Waals surface area (Å²) in [4.78, 5) is 4.04. The van der Waals surface area contributed by atoms with E-state index in [4.69, 9.17) is 15.2 Å². The minimum Gasteiger partial charge on any atom is -0.493 e. The third kappa shape index (κ3) is 3.39. The Morgan fingerprint density at radius 2 is 2.11 bits per heavy atom. The molecule has 2 aromatic rings. The number of aromatic amines is 1. The van der Waals surface area contributed by atoms with Crippen LogP contribution in [0.25, 0.3) is 0 Å². The summed E-state index contributed by atoms with van der Waals surface area (Å²) in [6.07, 6.45) is 1.48. The lowest BCUT2D eigenvalue weighted by Crippen LogP contribution is -2.13. The second-order valence-electron chi connectivity index (χ2n) is 3.82. The minimum absolute atomic E-state index is 0.116. The molecule has 0 saturated heterocycles. The molecular weight excluding hydrogens is 264 g/mol. The van der Waals surface area contributed by atoms with Gasteiger partial charge in [-0.3, -0.25) is 5.10 Å². The van der Waals surface area contributed by atoms with Crippen molar-refractivity contribution in [1.29, 1.82) is 0 Å². The third-order valence-corrected chi connectivity index (χ3v) is 3.62. The molecule has 7 heteroatoms. The smallest absolute Gasteiger partial charge is 0.183 e. The molecule has 19 heavy (non-hydrogen) atoms. The average molecular weight is 280 g/mol. The summed E-state index contributed by atoms with van der Waals surface area (Å²) in [5, 5.41) is 7.34. The lowest BCUT2D eigenvalue weighted by Gasteiger charge is -2.14. The maximum Gasteiger partial charge on any atom is 0.183 e. The summed E-state index contributed by atoms with van der Waals surface area (Å²) in [5.74, 6) is 2.08. The van der Waals surface area contributed by atoms with E-state index in [2.05, 4.69) is 15.2 Å². The first-order chi connectivity index (χ1) is 9.24. The molecule has 0 saturated carbocycles. The number of hydrogen-bond acceptors (Lipinski definition) is 6. The Bertz CT molecular complexity index is 518. The minimum atomic E-state index is -0.116. The predicted molar refractivity (Wildman–Crippen MR) is 73.6 cm³/mol. The first kappa shape index (κ1) is 13.7. The molecule has 0 spiro atoms. The van der Waals surface area contributed by atoms with E-state index < -0.39 is 0 Å². The van der Waals surface area contributed by atoms with Gasteiger partial charge in [-0.15, -0.1) is 0 Å². The van der Waals surface area contributed by atoms with Crippen LogP contribution in [0, 0.1) is 0 Å². The highest BCUT2D eigenvalue weighted by molar-refractivity contribution is 7.99. The van der Waals surface area contributed by atoms with Crippen LogP contribution in [0.4, 0.5) is 0 Å². The molecule has 2 rings (SSSR count). The van der Waals surface area contributed by atoms with Crippen LogP contribution >= 0.6 is 11.8 Å². The van der Waals surface area contributed by atoms with Crippen molar-refractivity contribution >= 4 is 11.8 Å². The summed E-state index contributed by atoms with van der Waals surface area (Å²) < 4.78 is 10.5. The van der Waals surface area contributed by atoms with Gasteiger partial charge in [-0.25, -0.2) is 4.98 Å². The summed E-state index contributed by atoms with van der Waals surface area (Å²) >= 11 is 1.53. The molecule has 0 aliphatic rings. The summed E-state index contributed by atoms with van der Waals surface area (Å²) in [6.45, 7) is 0. The van der Waals surface area contributed by atoms with Gasteiger partial charge < -0.3 is 15.2 Å². The molecule has 1 aromatic heterocycles. The first-order valence-electron chi connectivity index (χ1n) is 5.70. The topological polar surface area (TPSA) is 86.0 Å². The third-order valence-electron chi connectivity index (χ3n) is 2.63. The van der Waals surface area contributed by atoms with Crippen LogP contribution in [0.5, 0.6) is 11.5 Å². The van der Waals surface area contributed by atoms with Crippen LogP contribution in [0.2, 0.25) is 0 Å².